The van der Waals surface area contributed by atoms with Crippen LogP contribution in [-0.2, 0) is 6.54 Å². The molecule has 1 aromatic carbocycles. The van der Waals surface area contributed by atoms with Gasteiger partial charge in [-0.1, -0.05) is 199 Å². The van der Waals surface area contributed by atoms with Crippen LogP contribution in [0.25, 0.3) is 0 Å². The molecule has 0 saturated carbocycles. The highest BCUT2D eigenvalue weighted by Gasteiger charge is 2.09. The smallest absolute Gasteiger partial charge is 0.125 e. The summed E-state index contributed by atoms with van der Waals surface area (Å²) in [5.74, 6) is 0.544. The maximum Gasteiger partial charge on any atom is 0.125 e. The third-order valence-corrected chi connectivity index (χ3v) is 9.71. The Bertz CT molecular complexity index is 756. The molecular formula is C43H81N3. The normalized spacial score (nSPS) is 11.6. The molecule has 0 radical (unpaired) electrons. The SMILES string of the molecule is CCCCCCCCCCCCCCCCN(CCCCCCCCCCCCCCCC)Cc1cccc(C(=N)NC(C)C)c1. The number of rotatable bonds is 34. The fourth-order valence-electron chi connectivity index (χ4n) is 6.79. The molecule has 0 aromatic heterocycles. The van der Waals surface area contributed by atoms with Crippen LogP contribution < -0.4 is 5.32 Å². The molecule has 3 heteroatoms. The summed E-state index contributed by atoms with van der Waals surface area (Å²) < 4.78 is 0. The summed E-state index contributed by atoms with van der Waals surface area (Å²) in [6.07, 6.45) is 39.7. The summed E-state index contributed by atoms with van der Waals surface area (Å²) in [6.45, 7) is 12.3. The summed E-state index contributed by atoms with van der Waals surface area (Å²) in [4.78, 5) is 2.71. The Balaban J connectivity index is 2.29. The number of hydrogen-bond acceptors (Lipinski definition) is 2. The van der Waals surface area contributed by atoms with Gasteiger partial charge in [0.25, 0.3) is 0 Å². The first-order valence-electron chi connectivity index (χ1n) is 20.7. The van der Waals surface area contributed by atoms with Crippen LogP contribution in [0.15, 0.2) is 24.3 Å². The Kier molecular flexibility index (Phi) is 29.9. The van der Waals surface area contributed by atoms with Gasteiger partial charge in [-0.2, -0.15) is 0 Å². The Hall–Kier alpha value is -1.35. The Morgan fingerprint density at radius 3 is 1.24 bits per heavy atom. The highest BCUT2D eigenvalue weighted by Crippen LogP contribution is 2.16. The minimum Gasteiger partial charge on any atom is -0.368 e. The van der Waals surface area contributed by atoms with E-state index in [1.807, 2.05) is 0 Å². The minimum absolute atomic E-state index is 0.285. The Morgan fingerprint density at radius 1 is 0.543 bits per heavy atom. The number of unbranched alkanes of at least 4 members (excludes halogenated alkanes) is 26. The summed E-state index contributed by atoms with van der Waals surface area (Å²) in [6, 6.07) is 9.00. The third kappa shape index (κ3) is 26.7. The van der Waals surface area contributed by atoms with Crippen molar-refractivity contribution in [2.75, 3.05) is 13.1 Å². The van der Waals surface area contributed by atoms with Crippen LogP contribution >= 0.6 is 0 Å². The van der Waals surface area contributed by atoms with Crippen molar-refractivity contribution >= 4 is 5.84 Å². The maximum atomic E-state index is 8.45. The van der Waals surface area contributed by atoms with E-state index in [1.54, 1.807) is 0 Å². The van der Waals surface area contributed by atoms with Gasteiger partial charge in [-0.05, 0) is 51.4 Å². The highest BCUT2D eigenvalue weighted by atomic mass is 15.1. The monoisotopic (exact) mass is 640 g/mol. The molecule has 0 aliphatic carbocycles. The molecule has 2 N–H and O–H groups in total. The molecule has 1 aromatic rings. The summed E-state index contributed by atoms with van der Waals surface area (Å²) in [7, 11) is 0. The molecule has 0 heterocycles. The van der Waals surface area contributed by atoms with Gasteiger partial charge in [0.05, 0.1) is 0 Å². The molecule has 1 rings (SSSR count). The van der Waals surface area contributed by atoms with Gasteiger partial charge < -0.3 is 5.32 Å². The van der Waals surface area contributed by atoms with Gasteiger partial charge in [0.2, 0.25) is 0 Å². The molecule has 46 heavy (non-hydrogen) atoms. The van der Waals surface area contributed by atoms with Gasteiger partial charge >= 0.3 is 0 Å². The van der Waals surface area contributed by atoms with E-state index >= 15 is 0 Å². The van der Waals surface area contributed by atoms with Crippen molar-refractivity contribution in [3.05, 3.63) is 35.4 Å². The molecule has 0 aliphatic heterocycles. The second-order valence-electron chi connectivity index (χ2n) is 14.8. The van der Waals surface area contributed by atoms with E-state index in [-0.39, 0.29) is 6.04 Å². The van der Waals surface area contributed by atoms with E-state index in [1.165, 1.54) is 198 Å². The zero-order valence-corrected chi connectivity index (χ0v) is 31.8. The van der Waals surface area contributed by atoms with E-state index < -0.39 is 0 Å². The molecule has 0 amide bonds. The summed E-state index contributed by atoms with van der Waals surface area (Å²) >= 11 is 0. The topological polar surface area (TPSA) is 39.1 Å². The molecule has 0 saturated heterocycles. The molecule has 0 spiro atoms. The molecule has 0 fully saturated rings. The number of amidine groups is 1. The van der Waals surface area contributed by atoms with E-state index in [9.17, 15) is 0 Å². The van der Waals surface area contributed by atoms with Crippen molar-refractivity contribution in [1.82, 2.24) is 10.2 Å². The van der Waals surface area contributed by atoms with Gasteiger partial charge in [0.15, 0.2) is 0 Å². The molecule has 0 unspecified atom stereocenters. The molecular weight excluding hydrogens is 558 g/mol. The number of nitrogens with one attached hydrogen (secondary N) is 2. The maximum absolute atomic E-state index is 8.45. The average Bonchev–Trinajstić information content (AvgIpc) is 3.04. The van der Waals surface area contributed by atoms with Crippen LogP contribution in [0.3, 0.4) is 0 Å². The van der Waals surface area contributed by atoms with E-state index in [0.717, 1.165) is 12.1 Å². The molecule has 3 nitrogen and oxygen atoms in total. The largest absolute Gasteiger partial charge is 0.368 e. The lowest BCUT2D eigenvalue weighted by molar-refractivity contribution is 0.252. The molecule has 268 valence electrons. The van der Waals surface area contributed by atoms with E-state index in [2.05, 4.69) is 62.2 Å². The number of benzene rings is 1. The van der Waals surface area contributed by atoms with Crippen molar-refractivity contribution in [1.29, 1.82) is 5.41 Å². The second-order valence-corrected chi connectivity index (χ2v) is 14.8. The predicted octanol–water partition coefficient (Wildman–Crippen LogP) is 13.8. The van der Waals surface area contributed by atoms with E-state index in [4.69, 9.17) is 5.41 Å². The van der Waals surface area contributed by atoms with Gasteiger partial charge in [0, 0.05) is 18.2 Å². The first-order valence-corrected chi connectivity index (χ1v) is 20.7. The predicted molar refractivity (Wildman–Crippen MR) is 207 cm³/mol. The minimum atomic E-state index is 0.285. The first kappa shape index (κ1) is 42.7. The lowest BCUT2D eigenvalue weighted by Gasteiger charge is -2.23. The number of nitrogens with zero attached hydrogens (tertiary/aromatic N) is 1. The summed E-state index contributed by atoms with van der Waals surface area (Å²) in [5, 5.41) is 11.7. The highest BCUT2D eigenvalue weighted by molar-refractivity contribution is 5.96. The third-order valence-electron chi connectivity index (χ3n) is 9.71. The second kappa shape index (κ2) is 32.2. The number of hydrogen-bond donors (Lipinski definition) is 2. The van der Waals surface area contributed by atoms with Crippen LogP contribution in [0.4, 0.5) is 0 Å². The van der Waals surface area contributed by atoms with Crippen LogP contribution in [0.2, 0.25) is 0 Å². The van der Waals surface area contributed by atoms with E-state index in [0.29, 0.717) is 5.84 Å². The first-order chi connectivity index (χ1) is 22.6. The summed E-state index contributed by atoms with van der Waals surface area (Å²) in [5.41, 5.74) is 2.36. The zero-order chi connectivity index (χ0) is 33.3. The van der Waals surface area contributed by atoms with Gasteiger partial charge in [-0.15, -0.1) is 0 Å². The zero-order valence-electron chi connectivity index (χ0n) is 31.8. The standard InChI is InChI=1S/C43H81N3/c1-5-7-9-11-13-15-17-19-21-23-25-27-29-31-36-46(39-41-34-33-35-42(38-41)43(44)45-40(3)4)37-32-30-28-26-24-22-20-18-16-14-12-10-8-6-2/h33-35,38,40H,5-32,36-37,39H2,1-4H3,(H2,44,45). The average molecular weight is 640 g/mol. The van der Waals surface area contributed by atoms with Crippen LogP contribution in [0.1, 0.15) is 219 Å². The van der Waals surface area contributed by atoms with Crippen molar-refractivity contribution in [2.24, 2.45) is 0 Å². The van der Waals surface area contributed by atoms with Crippen molar-refractivity contribution in [3.63, 3.8) is 0 Å². The van der Waals surface area contributed by atoms with Gasteiger partial charge in [-0.3, -0.25) is 10.3 Å². The van der Waals surface area contributed by atoms with Crippen molar-refractivity contribution in [3.8, 4) is 0 Å². The van der Waals surface area contributed by atoms with Crippen LogP contribution in [-0.4, -0.2) is 29.9 Å². The Labute approximate surface area is 289 Å². The Morgan fingerprint density at radius 2 is 0.891 bits per heavy atom. The quantitative estimate of drug-likeness (QED) is 0.0447. The fourth-order valence-corrected chi connectivity index (χ4v) is 6.79. The molecule has 0 aliphatic rings. The lowest BCUT2D eigenvalue weighted by Crippen LogP contribution is -2.30. The molecule has 0 bridgehead atoms. The molecule has 0 atom stereocenters. The van der Waals surface area contributed by atoms with Crippen molar-refractivity contribution < 1.29 is 0 Å². The lowest BCUT2D eigenvalue weighted by atomic mass is 10.0. The fraction of sp³-hybridized carbons (Fsp3) is 0.837. The van der Waals surface area contributed by atoms with Crippen LogP contribution in [0, 0.1) is 5.41 Å². The van der Waals surface area contributed by atoms with Gasteiger partial charge in [0.1, 0.15) is 5.84 Å². The van der Waals surface area contributed by atoms with Gasteiger partial charge in [-0.25, -0.2) is 0 Å². The van der Waals surface area contributed by atoms with Crippen molar-refractivity contribution in [2.45, 2.75) is 220 Å². The van der Waals surface area contributed by atoms with Crippen LogP contribution in [0.5, 0.6) is 0 Å².